The van der Waals surface area contributed by atoms with E-state index in [4.69, 9.17) is 5.73 Å². The first-order valence-electron chi connectivity index (χ1n) is 4.26. The molecule has 1 aromatic carbocycles. The third-order valence-electron chi connectivity index (χ3n) is 2.13. The zero-order valence-corrected chi connectivity index (χ0v) is 7.63. The molecule has 0 bridgehead atoms. The maximum Gasteiger partial charge on any atom is 0.326 e. The van der Waals surface area contributed by atoms with Gasteiger partial charge in [0.2, 0.25) is 0 Å². The molecule has 1 aromatic heterocycles. The topological polar surface area (TPSA) is 91.7 Å². The Balaban J connectivity index is 2.93. The summed E-state index contributed by atoms with van der Waals surface area (Å²) in [5.74, 6) is -0.553. The molecule has 6 heteroatoms. The van der Waals surface area contributed by atoms with Crippen molar-refractivity contribution >= 4 is 10.9 Å². The molecule has 4 N–H and O–H groups in total. The summed E-state index contributed by atoms with van der Waals surface area (Å²) in [4.78, 5) is 26.6. The highest BCUT2D eigenvalue weighted by atomic mass is 19.1. The molecule has 0 spiro atoms. The standard InChI is InChI=1S/C9H8FN3O2/c10-6-2-5-7(1-4(6)3-11)12-9(15)13-8(5)14/h1-2H,3,11H2,(H2,12,13,14,15). The highest BCUT2D eigenvalue weighted by Crippen LogP contribution is 2.12. The van der Waals surface area contributed by atoms with Crippen LogP contribution < -0.4 is 17.0 Å². The average Bonchev–Trinajstić information content (AvgIpc) is 2.18. The number of fused-ring (bicyclic) bond motifs is 1. The summed E-state index contributed by atoms with van der Waals surface area (Å²) in [5, 5.41) is 0.101. The van der Waals surface area contributed by atoms with Gasteiger partial charge in [-0.2, -0.15) is 0 Å². The van der Waals surface area contributed by atoms with Crippen molar-refractivity contribution in [2.75, 3.05) is 0 Å². The summed E-state index contributed by atoms with van der Waals surface area (Å²) >= 11 is 0. The lowest BCUT2D eigenvalue weighted by atomic mass is 10.1. The molecule has 0 aliphatic carbocycles. The molecule has 0 saturated heterocycles. The van der Waals surface area contributed by atoms with E-state index in [1.165, 1.54) is 6.07 Å². The van der Waals surface area contributed by atoms with E-state index in [1.54, 1.807) is 0 Å². The largest absolute Gasteiger partial charge is 0.326 e. The number of aromatic amines is 2. The van der Waals surface area contributed by atoms with Crippen molar-refractivity contribution in [3.63, 3.8) is 0 Å². The highest BCUT2D eigenvalue weighted by molar-refractivity contribution is 5.78. The van der Waals surface area contributed by atoms with Gasteiger partial charge in [-0.3, -0.25) is 9.78 Å². The van der Waals surface area contributed by atoms with Gasteiger partial charge < -0.3 is 10.7 Å². The SMILES string of the molecule is NCc1cc2[nH]c(=O)[nH]c(=O)c2cc1F. The molecule has 0 unspecified atom stereocenters. The van der Waals surface area contributed by atoms with Crippen LogP contribution in [0, 0.1) is 5.82 Å². The monoisotopic (exact) mass is 209 g/mol. The van der Waals surface area contributed by atoms with Gasteiger partial charge in [0.1, 0.15) is 5.82 Å². The van der Waals surface area contributed by atoms with Crippen LogP contribution in [0.4, 0.5) is 4.39 Å². The summed E-state index contributed by atoms with van der Waals surface area (Å²) in [6.07, 6.45) is 0. The molecular formula is C9H8FN3O2. The quantitative estimate of drug-likeness (QED) is 0.608. The number of halogens is 1. The van der Waals surface area contributed by atoms with E-state index in [0.717, 1.165) is 6.07 Å². The lowest BCUT2D eigenvalue weighted by Gasteiger charge is -2.01. The van der Waals surface area contributed by atoms with Gasteiger partial charge in [-0.1, -0.05) is 0 Å². The van der Waals surface area contributed by atoms with Crippen LogP contribution in [-0.4, -0.2) is 9.97 Å². The Morgan fingerprint density at radius 1 is 1.27 bits per heavy atom. The van der Waals surface area contributed by atoms with Gasteiger partial charge in [0.15, 0.2) is 0 Å². The maximum absolute atomic E-state index is 13.3. The Kier molecular flexibility index (Phi) is 2.12. The van der Waals surface area contributed by atoms with Crippen LogP contribution in [0.1, 0.15) is 5.56 Å². The van der Waals surface area contributed by atoms with Gasteiger partial charge in [0.05, 0.1) is 10.9 Å². The molecule has 0 aliphatic heterocycles. The van der Waals surface area contributed by atoms with E-state index < -0.39 is 17.1 Å². The van der Waals surface area contributed by atoms with Crippen LogP contribution in [0.2, 0.25) is 0 Å². The second kappa shape index (κ2) is 3.32. The Bertz CT molecular complexity index is 629. The normalized spacial score (nSPS) is 10.8. The van der Waals surface area contributed by atoms with E-state index in [2.05, 4.69) is 4.98 Å². The molecule has 2 rings (SSSR count). The molecule has 15 heavy (non-hydrogen) atoms. The molecule has 0 radical (unpaired) electrons. The fraction of sp³-hybridized carbons (Fsp3) is 0.111. The van der Waals surface area contributed by atoms with Crippen molar-refractivity contribution < 1.29 is 4.39 Å². The molecule has 1 heterocycles. The third kappa shape index (κ3) is 1.55. The zero-order valence-electron chi connectivity index (χ0n) is 7.63. The van der Waals surface area contributed by atoms with Crippen molar-refractivity contribution in [3.05, 3.63) is 44.4 Å². The zero-order chi connectivity index (χ0) is 11.0. The molecule has 0 aliphatic rings. The van der Waals surface area contributed by atoms with Crippen molar-refractivity contribution in [2.45, 2.75) is 6.54 Å². The number of hydrogen-bond donors (Lipinski definition) is 3. The fourth-order valence-corrected chi connectivity index (χ4v) is 1.39. The van der Waals surface area contributed by atoms with E-state index in [-0.39, 0.29) is 23.0 Å². The Morgan fingerprint density at radius 2 is 2.00 bits per heavy atom. The second-order valence-electron chi connectivity index (χ2n) is 3.10. The van der Waals surface area contributed by atoms with E-state index in [0.29, 0.717) is 0 Å². The lowest BCUT2D eigenvalue weighted by molar-refractivity contribution is 0.612. The van der Waals surface area contributed by atoms with Gasteiger partial charge in [-0.15, -0.1) is 0 Å². The van der Waals surface area contributed by atoms with Gasteiger partial charge in [-0.05, 0) is 12.1 Å². The number of aromatic nitrogens is 2. The second-order valence-corrected chi connectivity index (χ2v) is 3.10. The summed E-state index contributed by atoms with van der Waals surface area (Å²) in [5.41, 5.74) is 4.60. The third-order valence-corrected chi connectivity index (χ3v) is 2.13. The van der Waals surface area contributed by atoms with Crippen molar-refractivity contribution in [1.82, 2.24) is 9.97 Å². The molecule has 78 valence electrons. The summed E-state index contributed by atoms with van der Waals surface area (Å²) in [6.45, 7) is 0.0105. The van der Waals surface area contributed by atoms with Gasteiger partial charge in [0, 0.05) is 12.1 Å². The Hall–Kier alpha value is -1.95. The minimum absolute atomic E-state index is 0.0105. The minimum Gasteiger partial charge on any atom is -0.326 e. The molecular weight excluding hydrogens is 201 g/mol. The predicted octanol–water partition coefficient (Wildman–Crippen LogP) is -0.186. The van der Waals surface area contributed by atoms with Crippen LogP contribution in [0.15, 0.2) is 21.7 Å². The lowest BCUT2D eigenvalue weighted by Crippen LogP contribution is -2.22. The Morgan fingerprint density at radius 3 is 2.67 bits per heavy atom. The Labute approximate surface area is 82.7 Å². The van der Waals surface area contributed by atoms with Crippen molar-refractivity contribution in [1.29, 1.82) is 0 Å². The van der Waals surface area contributed by atoms with Crippen LogP contribution in [0.25, 0.3) is 10.9 Å². The van der Waals surface area contributed by atoms with Crippen LogP contribution in [0.5, 0.6) is 0 Å². The summed E-state index contributed by atoms with van der Waals surface area (Å²) in [7, 11) is 0. The van der Waals surface area contributed by atoms with Gasteiger partial charge in [-0.25, -0.2) is 9.18 Å². The van der Waals surface area contributed by atoms with E-state index >= 15 is 0 Å². The van der Waals surface area contributed by atoms with E-state index in [1.807, 2.05) is 4.98 Å². The molecule has 2 aromatic rings. The van der Waals surface area contributed by atoms with Crippen molar-refractivity contribution in [3.8, 4) is 0 Å². The molecule has 0 amide bonds. The number of benzene rings is 1. The van der Waals surface area contributed by atoms with Crippen LogP contribution >= 0.6 is 0 Å². The first-order valence-corrected chi connectivity index (χ1v) is 4.26. The van der Waals surface area contributed by atoms with Crippen LogP contribution in [-0.2, 0) is 6.54 Å². The number of hydrogen-bond acceptors (Lipinski definition) is 3. The van der Waals surface area contributed by atoms with E-state index in [9.17, 15) is 14.0 Å². The highest BCUT2D eigenvalue weighted by Gasteiger charge is 2.06. The first kappa shape index (κ1) is 9.60. The van der Waals surface area contributed by atoms with Crippen molar-refractivity contribution in [2.24, 2.45) is 5.73 Å². The van der Waals surface area contributed by atoms with Crippen LogP contribution in [0.3, 0.4) is 0 Å². The summed E-state index contributed by atoms with van der Waals surface area (Å²) < 4.78 is 13.3. The number of nitrogens with one attached hydrogen (secondary N) is 2. The number of H-pyrrole nitrogens is 2. The molecule has 0 saturated carbocycles. The van der Waals surface area contributed by atoms with Gasteiger partial charge >= 0.3 is 5.69 Å². The maximum atomic E-state index is 13.3. The first-order chi connectivity index (χ1) is 7.11. The number of nitrogens with two attached hydrogens (primary N) is 1. The molecule has 0 fully saturated rings. The fourth-order valence-electron chi connectivity index (χ4n) is 1.39. The molecule has 5 nitrogen and oxygen atoms in total. The molecule has 0 atom stereocenters. The number of rotatable bonds is 1. The smallest absolute Gasteiger partial charge is 0.326 e. The predicted molar refractivity (Wildman–Crippen MR) is 53.0 cm³/mol. The minimum atomic E-state index is -0.623. The summed E-state index contributed by atoms with van der Waals surface area (Å²) in [6, 6.07) is 2.42. The average molecular weight is 209 g/mol. The van der Waals surface area contributed by atoms with Gasteiger partial charge in [0.25, 0.3) is 5.56 Å².